The van der Waals surface area contributed by atoms with Gasteiger partial charge in [0.2, 0.25) is 5.91 Å². The molecule has 44 heavy (non-hydrogen) atoms. The van der Waals surface area contributed by atoms with E-state index in [1.54, 1.807) is 0 Å². The van der Waals surface area contributed by atoms with Crippen molar-refractivity contribution in [2.24, 2.45) is 23.7 Å². The number of H-pyrrole nitrogens is 2. The zero-order chi connectivity index (χ0) is 32.1. The van der Waals surface area contributed by atoms with E-state index in [4.69, 9.17) is 0 Å². The van der Waals surface area contributed by atoms with Gasteiger partial charge < -0.3 is 30.6 Å². The molecule has 11 heteroatoms. The van der Waals surface area contributed by atoms with Gasteiger partial charge in [0.15, 0.2) is 5.06 Å². The highest BCUT2D eigenvalue weighted by molar-refractivity contribution is 8.04. The summed E-state index contributed by atoms with van der Waals surface area (Å²) >= 11 is 1.48. The number of nitrogens with one attached hydrogen (secondary N) is 3. The quantitative estimate of drug-likeness (QED) is 0.155. The first-order valence-electron chi connectivity index (χ1n) is 15.9. The van der Waals surface area contributed by atoms with E-state index in [0.717, 1.165) is 57.2 Å². The summed E-state index contributed by atoms with van der Waals surface area (Å²) in [5, 5.41) is 34.0. The lowest BCUT2D eigenvalue weighted by Crippen LogP contribution is -2.30. The summed E-state index contributed by atoms with van der Waals surface area (Å²) in [5.74, 6) is -1.08. The second-order valence-electron chi connectivity index (χ2n) is 12.9. The van der Waals surface area contributed by atoms with Crippen LogP contribution in [0.15, 0.2) is 0 Å². The van der Waals surface area contributed by atoms with Crippen LogP contribution in [0.4, 0.5) is 0 Å². The maximum Gasteiger partial charge on any atom is 0.303 e. The predicted octanol–water partition coefficient (Wildman–Crippen LogP) is 2.96. The Morgan fingerprint density at radius 3 is 2.23 bits per heavy atom. The number of hydrogen-bond acceptors (Lipinski definition) is 6. The van der Waals surface area contributed by atoms with Gasteiger partial charge in [0.05, 0.1) is 0 Å². The minimum Gasteiger partial charge on any atom is -0.481 e. The number of carbonyl (C=O) groups is 3. The molecule has 5 heterocycles. The second kappa shape index (κ2) is 12.4. The van der Waals surface area contributed by atoms with E-state index < -0.39 is 17.0 Å². The molecule has 3 aliphatic heterocycles. The van der Waals surface area contributed by atoms with Gasteiger partial charge in [-0.15, -0.1) is 0 Å². The minimum absolute atomic E-state index is 0.0145. The number of hydrogen-bond donors (Lipinski definition) is 6. The summed E-state index contributed by atoms with van der Waals surface area (Å²) in [6, 6.07) is 0.0304. The van der Waals surface area contributed by atoms with E-state index in [2.05, 4.69) is 46.4 Å². The van der Waals surface area contributed by atoms with E-state index in [1.807, 2.05) is 26.8 Å². The van der Waals surface area contributed by atoms with Gasteiger partial charge in [-0.1, -0.05) is 34.1 Å². The molecule has 0 bridgehead atoms. The molecule has 3 saturated heterocycles. The lowest BCUT2D eigenvalue weighted by atomic mass is 9.88. The highest BCUT2D eigenvalue weighted by Crippen LogP contribution is 2.65. The Bertz CT molecular complexity index is 1580. The molecule has 2 aromatic heterocycles. The summed E-state index contributed by atoms with van der Waals surface area (Å²) in [5.41, 5.74) is 5.55. The number of carboxylic acids is 2. The number of carboxylic acid groups (broad SMARTS) is 2. The van der Waals surface area contributed by atoms with Crippen molar-refractivity contribution >= 4 is 41.9 Å². The van der Waals surface area contributed by atoms with Crippen LogP contribution in [0.3, 0.4) is 0 Å². The summed E-state index contributed by atoms with van der Waals surface area (Å²) in [6.07, 6.45) is 7.15. The molecule has 0 spiro atoms. The first kappa shape index (κ1) is 32.4. The van der Waals surface area contributed by atoms with Crippen LogP contribution in [0.5, 0.6) is 0 Å². The smallest absolute Gasteiger partial charge is 0.303 e. The fraction of sp³-hybridized carbons (Fsp3) is 0.606. The third-order valence-electron chi connectivity index (χ3n) is 10.5. The molecule has 3 aliphatic rings. The van der Waals surface area contributed by atoms with Crippen LogP contribution in [0.25, 0.3) is 12.2 Å². The van der Waals surface area contributed by atoms with Crippen LogP contribution in [-0.2, 0) is 33.6 Å². The van der Waals surface area contributed by atoms with Crippen molar-refractivity contribution < 1.29 is 29.7 Å². The fourth-order valence-corrected chi connectivity index (χ4v) is 8.82. The van der Waals surface area contributed by atoms with Crippen molar-refractivity contribution in [3.63, 3.8) is 0 Å². The Balaban J connectivity index is 1.58. The van der Waals surface area contributed by atoms with E-state index in [9.17, 15) is 29.7 Å². The number of aromatic amines is 2. The second-order valence-corrected chi connectivity index (χ2v) is 14.1. The first-order chi connectivity index (χ1) is 20.8. The molecule has 5 unspecified atom stereocenters. The maximum atomic E-state index is 12.5. The molecular weight excluding hydrogens is 580 g/mol. The van der Waals surface area contributed by atoms with E-state index >= 15 is 0 Å². The van der Waals surface area contributed by atoms with Crippen molar-refractivity contribution in [1.29, 1.82) is 0 Å². The topological polar surface area (TPSA) is 159 Å². The van der Waals surface area contributed by atoms with Crippen LogP contribution in [0.2, 0.25) is 0 Å². The van der Waals surface area contributed by atoms with Gasteiger partial charge in [0, 0.05) is 65.3 Å². The van der Waals surface area contributed by atoms with Crippen LogP contribution in [-0.4, -0.2) is 64.6 Å². The Kier molecular flexibility index (Phi) is 9.13. The number of fused-ring (bicyclic) bond motifs is 1. The summed E-state index contributed by atoms with van der Waals surface area (Å²) in [4.78, 5) is 42.8. The SMILES string of the molecule is CCC1C(=O)NC(Cc2[nH]c(/C=c3\[nH]/c(=C/C4[C@H](CC)[C@@H](C)[C@]5(O)SN45)c(C)c3CCC(=O)O)c(CCC(=O)O)c2C)C1C. The van der Waals surface area contributed by atoms with Gasteiger partial charge in [-0.05, 0) is 91.3 Å². The maximum absolute atomic E-state index is 12.5. The number of carbonyl (C=O) groups excluding carboxylic acids is 1. The van der Waals surface area contributed by atoms with Crippen molar-refractivity contribution in [2.75, 3.05) is 0 Å². The van der Waals surface area contributed by atoms with Gasteiger partial charge in [-0.3, -0.25) is 14.4 Å². The number of aliphatic hydroxyl groups is 1. The average molecular weight is 627 g/mol. The molecule has 1 amide bonds. The molecule has 8 atom stereocenters. The van der Waals surface area contributed by atoms with Crippen LogP contribution < -0.4 is 16.0 Å². The summed E-state index contributed by atoms with van der Waals surface area (Å²) < 4.78 is 2.06. The van der Waals surface area contributed by atoms with E-state index in [0.29, 0.717) is 25.2 Å². The molecule has 0 radical (unpaired) electrons. The molecule has 3 fully saturated rings. The average Bonchev–Trinajstić information content (AvgIpc) is 3.20. The molecule has 2 aromatic rings. The predicted molar refractivity (Wildman–Crippen MR) is 170 cm³/mol. The lowest BCUT2D eigenvalue weighted by Gasteiger charge is -2.21. The van der Waals surface area contributed by atoms with E-state index in [1.165, 1.54) is 11.9 Å². The third kappa shape index (κ3) is 5.86. The minimum atomic E-state index is -0.875. The van der Waals surface area contributed by atoms with Gasteiger partial charge in [0.25, 0.3) is 0 Å². The molecule has 5 rings (SSSR count). The van der Waals surface area contributed by atoms with Gasteiger partial charge >= 0.3 is 11.9 Å². The molecule has 0 aliphatic carbocycles. The van der Waals surface area contributed by atoms with Gasteiger partial charge in [0.1, 0.15) is 0 Å². The number of nitrogens with zero attached hydrogens (tertiary/aromatic N) is 1. The Labute approximate surface area is 262 Å². The third-order valence-corrected chi connectivity index (χ3v) is 11.9. The van der Waals surface area contributed by atoms with Gasteiger partial charge in [-0.2, -0.15) is 4.31 Å². The lowest BCUT2D eigenvalue weighted by molar-refractivity contribution is -0.138. The Morgan fingerprint density at radius 2 is 1.64 bits per heavy atom. The number of rotatable bonds is 12. The standard InChI is InChI=1S/C33H46N4O6S/c1-7-20-16(3)25(36-32(20)42)13-24-17(4)22(9-11-30(38)39)27(34-24)14-28-23(10-12-31(40)41)18(5)26(35-28)15-29-21(8-2)19(6)33(43)37(29)44-33/h14-16,19-21,25,29,34-35,43H,7-13H2,1-6H3,(H,36,42)(H,38,39)(H,40,41)/b26-15+,28-14-/t16?,19-,20?,21-,25?,29?,33+,37?/m1/s1. The summed E-state index contributed by atoms with van der Waals surface area (Å²) in [6.45, 7) is 12.4. The molecule has 0 saturated carbocycles. The Morgan fingerprint density at radius 1 is 0.977 bits per heavy atom. The van der Waals surface area contributed by atoms with Gasteiger partial charge in [-0.25, -0.2) is 0 Å². The first-order valence-corrected chi connectivity index (χ1v) is 16.6. The highest BCUT2D eigenvalue weighted by Gasteiger charge is 2.68. The normalized spacial score (nSPS) is 31.9. The zero-order valence-electron chi connectivity index (χ0n) is 26.5. The van der Waals surface area contributed by atoms with Crippen molar-refractivity contribution in [3.05, 3.63) is 44.3 Å². The molecule has 0 aromatic carbocycles. The molecule has 240 valence electrons. The Hall–Kier alpha value is -3.02. The number of amides is 1. The zero-order valence-corrected chi connectivity index (χ0v) is 27.3. The monoisotopic (exact) mass is 626 g/mol. The highest BCUT2D eigenvalue weighted by atomic mass is 32.2. The van der Waals surface area contributed by atoms with Crippen LogP contribution in [0, 0.1) is 37.5 Å². The molecule has 10 nitrogen and oxygen atoms in total. The molecule has 6 N–H and O–H groups in total. The van der Waals surface area contributed by atoms with Crippen LogP contribution >= 0.6 is 11.9 Å². The molecular formula is C33H46N4O6S. The fourth-order valence-electron chi connectivity index (χ4n) is 7.61. The van der Waals surface area contributed by atoms with Crippen molar-refractivity contribution in [2.45, 2.75) is 104 Å². The van der Waals surface area contributed by atoms with Crippen LogP contribution in [0.1, 0.15) is 87.0 Å². The van der Waals surface area contributed by atoms with Crippen molar-refractivity contribution in [3.8, 4) is 0 Å². The largest absolute Gasteiger partial charge is 0.481 e. The summed E-state index contributed by atoms with van der Waals surface area (Å²) in [7, 11) is 0. The number of aliphatic carboxylic acids is 2. The van der Waals surface area contributed by atoms with Crippen molar-refractivity contribution in [1.82, 2.24) is 19.6 Å². The number of aromatic nitrogens is 2. The van der Waals surface area contributed by atoms with E-state index in [-0.39, 0.29) is 48.6 Å².